The molecule has 10 heavy (non-hydrogen) atoms. The minimum atomic E-state index is -0.165. The van der Waals surface area contributed by atoms with Gasteiger partial charge >= 0.3 is 0 Å². The van der Waals surface area contributed by atoms with Crippen LogP contribution in [0.5, 0.6) is 0 Å². The molecule has 0 aromatic carbocycles. The predicted molar refractivity (Wildman–Crippen MR) is 37.4 cm³/mol. The molecule has 0 radical (unpaired) electrons. The van der Waals surface area contributed by atoms with Gasteiger partial charge in [-0.05, 0) is 0 Å². The van der Waals surface area contributed by atoms with Crippen molar-refractivity contribution in [1.29, 1.82) is 0 Å². The molecule has 0 fully saturated rings. The second kappa shape index (κ2) is 2.02. The zero-order chi connectivity index (χ0) is 7.72. The van der Waals surface area contributed by atoms with E-state index in [1.165, 1.54) is 6.92 Å². The number of nitrogens with zero attached hydrogens (tertiary/aromatic N) is 1. The van der Waals surface area contributed by atoms with Crippen LogP contribution < -0.4 is 11.5 Å². The molecule has 0 amide bonds. The van der Waals surface area contributed by atoms with E-state index in [0.717, 1.165) is 0 Å². The molecule has 5 heteroatoms. The number of nitrogens with two attached hydrogens (primary N) is 2. The van der Waals surface area contributed by atoms with Crippen LogP contribution >= 0.6 is 0 Å². The summed E-state index contributed by atoms with van der Waals surface area (Å²) in [7, 11) is 0. The number of hydrogen-bond acceptors (Lipinski definition) is 4. The summed E-state index contributed by atoms with van der Waals surface area (Å²) < 4.78 is 0. The molecular formula is C5H8N4O. The van der Waals surface area contributed by atoms with E-state index in [1.807, 2.05) is 0 Å². The van der Waals surface area contributed by atoms with E-state index < -0.39 is 0 Å². The molecule has 54 valence electrons. The van der Waals surface area contributed by atoms with Gasteiger partial charge in [0.25, 0.3) is 0 Å². The molecule has 5 N–H and O–H groups in total. The number of Topliss-reactive ketones (excluding diaryl/α,β-unsaturated/α-hetero) is 1. The Morgan fingerprint density at radius 3 is 2.40 bits per heavy atom. The van der Waals surface area contributed by atoms with Gasteiger partial charge in [-0.3, -0.25) is 4.79 Å². The van der Waals surface area contributed by atoms with Crippen molar-refractivity contribution in [1.82, 2.24) is 9.97 Å². The number of carbonyl (C=O) groups excluding carboxylic acids is 1. The molecule has 0 unspecified atom stereocenters. The van der Waals surface area contributed by atoms with Crippen molar-refractivity contribution >= 4 is 17.5 Å². The van der Waals surface area contributed by atoms with E-state index in [0.29, 0.717) is 0 Å². The van der Waals surface area contributed by atoms with Crippen molar-refractivity contribution in [2.75, 3.05) is 11.5 Å². The lowest BCUT2D eigenvalue weighted by Crippen LogP contribution is -1.97. The molecule has 0 saturated carbocycles. The summed E-state index contributed by atoms with van der Waals surface area (Å²) in [5, 5.41) is 0. The van der Waals surface area contributed by atoms with Gasteiger partial charge in [0.2, 0.25) is 0 Å². The number of nitrogens with one attached hydrogen (secondary N) is 1. The van der Waals surface area contributed by atoms with Gasteiger partial charge in [0.15, 0.2) is 17.5 Å². The van der Waals surface area contributed by atoms with Crippen LogP contribution in [0.3, 0.4) is 0 Å². The van der Waals surface area contributed by atoms with Crippen molar-refractivity contribution in [3.05, 3.63) is 5.69 Å². The highest BCUT2D eigenvalue weighted by Crippen LogP contribution is 2.08. The maximum atomic E-state index is 10.7. The van der Waals surface area contributed by atoms with Crippen LogP contribution in [0.1, 0.15) is 17.4 Å². The highest BCUT2D eigenvalue weighted by Gasteiger charge is 2.08. The molecule has 0 spiro atoms. The number of aromatic nitrogens is 2. The van der Waals surface area contributed by atoms with E-state index >= 15 is 0 Å². The first kappa shape index (κ1) is 6.60. The number of hydrogen-bond donors (Lipinski definition) is 3. The van der Waals surface area contributed by atoms with Crippen LogP contribution in [0.2, 0.25) is 0 Å². The smallest absolute Gasteiger partial charge is 0.200 e. The third kappa shape index (κ3) is 0.928. The van der Waals surface area contributed by atoms with E-state index in [4.69, 9.17) is 11.5 Å². The van der Waals surface area contributed by atoms with Crippen LogP contribution in [-0.2, 0) is 0 Å². The number of imidazole rings is 1. The maximum absolute atomic E-state index is 10.7. The van der Waals surface area contributed by atoms with Gasteiger partial charge in [-0.1, -0.05) is 0 Å². The number of anilines is 2. The van der Waals surface area contributed by atoms with Gasteiger partial charge in [-0.2, -0.15) is 4.98 Å². The lowest BCUT2D eigenvalue weighted by molar-refractivity contribution is 0.101. The van der Waals surface area contributed by atoms with Gasteiger partial charge in [0.1, 0.15) is 5.69 Å². The molecule has 1 rings (SSSR count). The van der Waals surface area contributed by atoms with Crippen molar-refractivity contribution in [3.8, 4) is 0 Å². The van der Waals surface area contributed by atoms with Crippen LogP contribution in [0.4, 0.5) is 11.8 Å². The predicted octanol–water partition coefficient (Wildman–Crippen LogP) is -0.223. The Kier molecular flexibility index (Phi) is 1.33. The van der Waals surface area contributed by atoms with E-state index in [2.05, 4.69) is 9.97 Å². The first-order chi connectivity index (χ1) is 4.61. The highest BCUT2D eigenvalue weighted by molar-refractivity contribution is 5.96. The lowest BCUT2D eigenvalue weighted by Gasteiger charge is -1.86. The molecule has 0 saturated heterocycles. The van der Waals surface area contributed by atoms with E-state index in [9.17, 15) is 4.79 Å². The highest BCUT2D eigenvalue weighted by atomic mass is 16.1. The first-order valence-electron chi connectivity index (χ1n) is 2.73. The molecule has 0 bridgehead atoms. The molecule has 0 atom stereocenters. The monoisotopic (exact) mass is 140 g/mol. The number of aromatic amines is 1. The van der Waals surface area contributed by atoms with Crippen molar-refractivity contribution in [3.63, 3.8) is 0 Å². The summed E-state index contributed by atoms with van der Waals surface area (Å²) >= 11 is 0. The van der Waals surface area contributed by atoms with Crippen molar-refractivity contribution in [2.24, 2.45) is 0 Å². The maximum Gasteiger partial charge on any atom is 0.200 e. The van der Waals surface area contributed by atoms with Gasteiger partial charge in [0, 0.05) is 6.92 Å². The summed E-state index contributed by atoms with van der Waals surface area (Å²) in [6, 6.07) is 0. The zero-order valence-electron chi connectivity index (χ0n) is 5.51. The molecular weight excluding hydrogens is 132 g/mol. The average molecular weight is 140 g/mol. The Hall–Kier alpha value is -1.52. The fourth-order valence-corrected chi connectivity index (χ4v) is 0.674. The second-order valence-corrected chi connectivity index (χ2v) is 1.94. The van der Waals surface area contributed by atoms with Gasteiger partial charge in [-0.25, -0.2) is 0 Å². The number of rotatable bonds is 1. The number of nitrogen functional groups attached to an aromatic ring is 2. The fraction of sp³-hybridized carbons (Fsp3) is 0.200. The molecule has 1 aromatic rings. The summed E-state index contributed by atoms with van der Waals surface area (Å²) in [4.78, 5) is 16.8. The first-order valence-corrected chi connectivity index (χ1v) is 2.73. The lowest BCUT2D eigenvalue weighted by atomic mass is 10.3. The molecule has 1 heterocycles. The molecule has 0 aliphatic carbocycles. The van der Waals surface area contributed by atoms with Crippen molar-refractivity contribution < 1.29 is 4.79 Å². The Morgan fingerprint density at radius 1 is 1.60 bits per heavy atom. The number of carbonyl (C=O) groups is 1. The summed E-state index contributed by atoms with van der Waals surface area (Å²) in [5.41, 5.74) is 10.8. The molecule has 0 aliphatic heterocycles. The third-order valence-electron chi connectivity index (χ3n) is 1.10. The zero-order valence-corrected chi connectivity index (χ0v) is 5.51. The second-order valence-electron chi connectivity index (χ2n) is 1.94. The Labute approximate surface area is 57.4 Å². The van der Waals surface area contributed by atoms with Crippen LogP contribution in [0, 0.1) is 0 Å². The number of H-pyrrole nitrogens is 1. The molecule has 0 aliphatic rings. The SMILES string of the molecule is CC(=O)c1[nH]c(N)nc1N. The minimum absolute atomic E-state index is 0.157. The van der Waals surface area contributed by atoms with E-state index in [-0.39, 0.29) is 23.2 Å². The van der Waals surface area contributed by atoms with Crippen LogP contribution in [0.15, 0.2) is 0 Å². The summed E-state index contributed by atoms with van der Waals surface area (Å²) in [6.07, 6.45) is 0. The van der Waals surface area contributed by atoms with E-state index in [1.54, 1.807) is 0 Å². The minimum Gasteiger partial charge on any atom is -0.382 e. The standard InChI is InChI=1S/C5H8N4O/c1-2(10)3-4(6)9-5(7)8-3/h6H2,1H3,(H3,7,8,9). The summed E-state index contributed by atoms with van der Waals surface area (Å²) in [6.45, 7) is 1.39. The van der Waals surface area contributed by atoms with Crippen LogP contribution in [-0.4, -0.2) is 15.8 Å². The quantitative estimate of drug-likeness (QED) is 0.469. The Balaban J connectivity index is 3.15. The van der Waals surface area contributed by atoms with Gasteiger partial charge < -0.3 is 16.5 Å². The topological polar surface area (TPSA) is 97.8 Å². The van der Waals surface area contributed by atoms with Gasteiger partial charge in [0.05, 0.1) is 0 Å². The molecule has 5 nitrogen and oxygen atoms in total. The Bertz CT molecular complexity index is 265. The van der Waals surface area contributed by atoms with Gasteiger partial charge in [-0.15, -0.1) is 0 Å². The largest absolute Gasteiger partial charge is 0.382 e. The normalized spacial score (nSPS) is 9.70. The van der Waals surface area contributed by atoms with Crippen LogP contribution in [0.25, 0.3) is 0 Å². The third-order valence-corrected chi connectivity index (χ3v) is 1.10. The van der Waals surface area contributed by atoms with Crippen molar-refractivity contribution in [2.45, 2.75) is 6.92 Å². The summed E-state index contributed by atoms with van der Waals surface area (Å²) in [5.74, 6) is 0.161. The fourth-order valence-electron chi connectivity index (χ4n) is 0.674. The molecule has 1 aromatic heterocycles. The number of ketones is 1. The average Bonchev–Trinajstić information content (AvgIpc) is 2.10. The Morgan fingerprint density at radius 2 is 2.20 bits per heavy atom.